The van der Waals surface area contributed by atoms with E-state index >= 15 is 0 Å². The van der Waals surface area contributed by atoms with Crippen LogP contribution in [0.4, 0.5) is 0 Å². The fourth-order valence-corrected chi connectivity index (χ4v) is 3.47. The number of benzene rings is 1. The molecule has 1 atom stereocenters. The van der Waals surface area contributed by atoms with Crippen LogP contribution in [0.5, 0.6) is 0 Å². The molecule has 1 aromatic rings. The van der Waals surface area contributed by atoms with E-state index in [1.807, 2.05) is 23.1 Å². The van der Waals surface area contributed by atoms with Crippen LogP contribution < -0.4 is 0 Å². The zero-order valence-corrected chi connectivity index (χ0v) is 13.2. The molecule has 0 aromatic heterocycles. The molecule has 114 valence electrons. The standard InChI is InChI=1S/C17H22ClNO2/c1-21-16(13-5-6-13)17(20)19-9-7-12(8-10-19)14-3-2-4-15(18)11-14/h2-4,11-13,16H,5-10H2,1H3. The summed E-state index contributed by atoms with van der Waals surface area (Å²) in [5.74, 6) is 1.15. The van der Waals surface area contributed by atoms with Crippen molar-refractivity contribution in [2.75, 3.05) is 20.2 Å². The molecule has 1 aliphatic carbocycles. The van der Waals surface area contributed by atoms with Crippen molar-refractivity contribution in [2.24, 2.45) is 5.92 Å². The first-order valence-corrected chi connectivity index (χ1v) is 8.14. The summed E-state index contributed by atoms with van der Waals surface area (Å²) < 4.78 is 5.41. The van der Waals surface area contributed by atoms with E-state index in [2.05, 4.69) is 6.07 Å². The molecule has 1 saturated carbocycles. The van der Waals surface area contributed by atoms with Gasteiger partial charge in [0.05, 0.1) is 0 Å². The minimum atomic E-state index is -0.215. The lowest BCUT2D eigenvalue weighted by Crippen LogP contribution is -2.45. The van der Waals surface area contributed by atoms with E-state index in [1.165, 1.54) is 5.56 Å². The number of likely N-dealkylation sites (tertiary alicyclic amines) is 1. The van der Waals surface area contributed by atoms with Gasteiger partial charge in [-0.3, -0.25) is 4.79 Å². The molecule has 4 heteroatoms. The minimum absolute atomic E-state index is 0.185. The Hall–Kier alpha value is -1.06. The van der Waals surface area contributed by atoms with Gasteiger partial charge in [0.1, 0.15) is 6.10 Å². The zero-order chi connectivity index (χ0) is 14.8. The number of nitrogens with zero attached hydrogens (tertiary/aromatic N) is 1. The average Bonchev–Trinajstić information content (AvgIpc) is 3.33. The molecule has 0 spiro atoms. The molecular formula is C17H22ClNO2. The lowest BCUT2D eigenvalue weighted by atomic mass is 9.89. The Morgan fingerprint density at radius 1 is 1.29 bits per heavy atom. The second kappa shape index (κ2) is 6.37. The van der Waals surface area contributed by atoms with Crippen LogP contribution in [-0.2, 0) is 9.53 Å². The SMILES string of the molecule is COC(C(=O)N1CCC(c2cccc(Cl)c2)CC1)C1CC1. The molecule has 1 unspecified atom stereocenters. The van der Waals surface area contributed by atoms with Gasteiger partial charge in [0.25, 0.3) is 5.91 Å². The highest BCUT2D eigenvalue weighted by molar-refractivity contribution is 6.30. The lowest BCUT2D eigenvalue weighted by Gasteiger charge is -2.34. The fourth-order valence-electron chi connectivity index (χ4n) is 3.27. The normalized spacial score (nSPS) is 21.3. The number of methoxy groups -OCH3 is 1. The first-order chi connectivity index (χ1) is 10.2. The highest BCUT2D eigenvalue weighted by Gasteiger charge is 2.39. The first-order valence-electron chi connectivity index (χ1n) is 7.76. The molecule has 3 rings (SSSR count). The molecular weight excluding hydrogens is 286 g/mol. The number of piperidine rings is 1. The molecule has 2 fully saturated rings. The summed E-state index contributed by atoms with van der Waals surface area (Å²) in [5, 5.41) is 0.791. The maximum atomic E-state index is 12.5. The van der Waals surface area contributed by atoms with Crippen LogP contribution in [0.15, 0.2) is 24.3 Å². The van der Waals surface area contributed by atoms with Crippen molar-refractivity contribution in [1.82, 2.24) is 4.90 Å². The molecule has 21 heavy (non-hydrogen) atoms. The van der Waals surface area contributed by atoms with Crippen molar-refractivity contribution in [3.8, 4) is 0 Å². The van der Waals surface area contributed by atoms with Gasteiger partial charge in [-0.1, -0.05) is 23.7 Å². The predicted molar refractivity (Wildman–Crippen MR) is 83.5 cm³/mol. The van der Waals surface area contributed by atoms with Crippen molar-refractivity contribution in [1.29, 1.82) is 0 Å². The molecule has 0 radical (unpaired) electrons. The molecule has 1 heterocycles. The van der Waals surface area contributed by atoms with Crippen LogP contribution >= 0.6 is 11.6 Å². The molecule has 0 bridgehead atoms. The third kappa shape index (κ3) is 3.41. The highest BCUT2D eigenvalue weighted by Crippen LogP contribution is 2.36. The van der Waals surface area contributed by atoms with Gasteiger partial charge in [-0.05, 0) is 55.2 Å². The second-order valence-corrected chi connectivity index (χ2v) is 6.58. The molecule has 1 saturated heterocycles. The molecule has 1 amide bonds. The van der Waals surface area contributed by atoms with E-state index in [0.717, 1.165) is 43.8 Å². The summed E-state index contributed by atoms with van der Waals surface area (Å²) >= 11 is 6.06. The van der Waals surface area contributed by atoms with Crippen molar-refractivity contribution in [3.63, 3.8) is 0 Å². The maximum absolute atomic E-state index is 12.5. The van der Waals surface area contributed by atoms with Gasteiger partial charge in [0.2, 0.25) is 0 Å². The Morgan fingerprint density at radius 2 is 2.00 bits per heavy atom. The number of amides is 1. The molecule has 3 nitrogen and oxygen atoms in total. The Morgan fingerprint density at radius 3 is 2.57 bits per heavy atom. The minimum Gasteiger partial charge on any atom is -0.371 e. The number of rotatable bonds is 4. The van der Waals surface area contributed by atoms with Crippen LogP contribution in [0, 0.1) is 5.92 Å². The maximum Gasteiger partial charge on any atom is 0.251 e. The molecule has 1 aliphatic heterocycles. The summed E-state index contributed by atoms with van der Waals surface area (Å²) in [7, 11) is 1.65. The number of ether oxygens (including phenoxy) is 1. The number of hydrogen-bond donors (Lipinski definition) is 0. The monoisotopic (exact) mass is 307 g/mol. The van der Waals surface area contributed by atoms with Crippen LogP contribution in [0.1, 0.15) is 37.2 Å². The molecule has 1 aromatic carbocycles. The van der Waals surface area contributed by atoms with Crippen molar-refractivity contribution in [3.05, 3.63) is 34.9 Å². The van der Waals surface area contributed by atoms with Gasteiger partial charge in [0, 0.05) is 25.2 Å². The van der Waals surface area contributed by atoms with Crippen LogP contribution in [0.2, 0.25) is 5.02 Å². The molecule has 0 N–H and O–H groups in total. The number of carbonyl (C=O) groups is 1. The predicted octanol–water partition coefficient (Wildman–Crippen LogP) is 3.47. The second-order valence-electron chi connectivity index (χ2n) is 6.15. The summed E-state index contributed by atoms with van der Waals surface area (Å²) in [4.78, 5) is 14.5. The van der Waals surface area contributed by atoms with E-state index in [1.54, 1.807) is 7.11 Å². The largest absolute Gasteiger partial charge is 0.371 e. The Bertz CT molecular complexity index is 507. The third-order valence-electron chi connectivity index (χ3n) is 4.67. The molecule has 2 aliphatic rings. The highest BCUT2D eigenvalue weighted by atomic mass is 35.5. The fraction of sp³-hybridized carbons (Fsp3) is 0.588. The zero-order valence-electron chi connectivity index (χ0n) is 12.4. The van der Waals surface area contributed by atoms with E-state index < -0.39 is 0 Å². The van der Waals surface area contributed by atoms with Gasteiger partial charge in [-0.15, -0.1) is 0 Å². The van der Waals surface area contributed by atoms with E-state index in [-0.39, 0.29) is 12.0 Å². The summed E-state index contributed by atoms with van der Waals surface area (Å²) in [6, 6.07) is 8.09. The van der Waals surface area contributed by atoms with Crippen molar-refractivity contribution in [2.45, 2.75) is 37.7 Å². The van der Waals surface area contributed by atoms with Gasteiger partial charge < -0.3 is 9.64 Å². The third-order valence-corrected chi connectivity index (χ3v) is 4.91. The Balaban J connectivity index is 1.58. The van der Waals surface area contributed by atoms with E-state index in [0.29, 0.717) is 11.8 Å². The number of halogens is 1. The topological polar surface area (TPSA) is 29.5 Å². The number of hydrogen-bond acceptors (Lipinski definition) is 2. The van der Waals surface area contributed by atoms with Gasteiger partial charge in [-0.25, -0.2) is 0 Å². The first kappa shape index (κ1) is 14.9. The summed E-state index contributed by atoms with van der Waals surface area (Å²) in [6.07, 6.45) is 4.06. The quantitative estimate of drug-likeness (QED) is 0.852. The van der Waals surface area contributed by atoms with E-state index in [4.69, 9.17) is 16.3 Å². The number of carbonyl (C=O) groups excluding carboxylic acids is 1. The van der Waals surface area contributed by atoms with Crippen LogP contribution in [-0.4, -0.2) is 37.1 Å². The lowest BCUT2D eigenvalue weighted by molar-refractivity contribution is -0.144. The van der Waals surface area contributed by atoms with E-state index in [9.17, 15) is 4.79 Å². The van der Waals surface area contributed by atoms with Crippen LogP contribution in [0.25, 0.3) is 0 Å². The smallest absolute Gasteiger partial charge is 0.251 e. The Kier molecular flexibility index (Phi) is 4.51. The van der Waals surface area contributed by atoms with Crippen molar-refractivity contribution >= 4 is 17.5 Å². The van der Waals surface area contributed by atoms with Crippen LogP contribution in [0.3, 0.4) is 0 Å². The van der Waals surface area contributed by atoms with Crippen molar-refractivity contribution < 1.29 is 9.53 Å². The average molecular weight is 308 g/mol. The summed E-state index contributed by atoms with van der Waals surface area (Å²) in [6.45, 7) is 1.64. The van der Waals surface area contributed by atoms with Gasteiger partial charge in [0.15, 0.2) is 0 Å². The van der Waals surface area contributed by atoms with Gasteiger partial charge >= 0.3 is 0 Å². The Labute approximate surface area is 131 Å². The van der Waals surface area contributed by atoms with Gasteiger partial charge in [-0.2, -0.15) is 0 Å². The summed E-state index contributed by atoms with van der Waals surface area (Å²) in [5.41, 5.74) is 1.29.